The molecule has 0 spiro atoms. The maximum absolute atomic E-state index is 11.6. The number of carbonyl (C=O) groups excluding carboxylic acids is 1. The number of hydrogen-bond donors (Lipinski definition) is 2. The number of halogens is 2. The number of nitrogens with one attached hydrogen (secondary N) is 2. The van der Waals surface area contributed by atoms with E-state index in [2.05, 4.69) is 33.2 Å². The Hall–Kier alpha value is -0.530. The van der Waals surface area contributed by atoms with Gasteiger partial charge in [0.25, 0.3) is 5.91 Å². The smallest absolute Gasteiger partial charge is 0.257 e. The summed E-state index contributed by atoms with van der Waals surface area (Å²) >= 11 is 2.23. The average molecular weight is 411 g/mol. The van der Waals surface area contributed by atoms with Gasteiger partial charge in [-0.25, -0.2) is 0 Å². The molecule has 1 unspecified atom stereocenters. The predicted molar refractivity (Wildman–Crippen MR) is 90.5 cm³/mol. The third kappa shape index (κ3) is 6.28. The lowest BCUT2D eigenvalue weighted by atomic mass is 10.1. The number of hydrogen-bond acceptors (Lipinski definition) is 3. The standard InChI is InChI=1S/C14H19IN2O2.ClH/c15-12-1-3-13(4-2-12)19-10-14(18)17-8-6-11-5-7-16-9-11;/h1-4,11,16H,5-10H2,(H,17,18);1H. The monoisotopic (exact) mass is 410 g/mol. The molecule has 20 heavy (non-hydrogen) atoms. The molecule has 1 atom stereocenters. The Morgan fingerprint density at radius 1 is 1.40 bits per heavy atom. The van der Waals surface area contributed by atoms with Gasteiger partial charge in [0.2, 0.25) is 0 Å². The van der Waals surface area contributed by atoms with Gasteiger partial charge in [0.05, 0.1) is 0 Å². The van der Waals surface area contributed by atoms with Crippen molar-refractivity contribution in [2.75, 3.05) is 26.2 Å². The summed E-state index contributed by atoms with van der Waals surface area (Å²) in [5, 5.41) is 6.22. The minimum Gasteiger partial charge on any atom is -0.484 e. The topological polar surface area (TPSA) is 50.4 Å². The second-order valence-corrected chi connectivity index (χ2v) is 5.99. The molecule has 4 nitrogen and oxygen atoms in total. The second-order valence-electron chi connectivity index (χ2n) is 4.74. The van der Waals surface area contributed by atoms with Crippen LogP contribution < -0.4 is 15.4 Å². The van der Waals surface area contributed by atoms with E-state index in [0.717, 1.165) is 35.4 Å². The molecule has 0 aromatic heterocycles. The van der Waals surface area contributed by atoms with Crippen LogP contribution in [-0.4, -0.2) is 32.1 Å². The minimum atomic E-state index is -0.0514. The highest BCUT2D eigenvalue weighted by Gasteiger charge is 2.14. The lowest BCUT2D eigenvalue weighted by molar-refractivity contribution is -0.123. The summed E-state index contributed by atoms with van der Waals surface area (Å²) in [5.74, 6) is 1.39. The Balaban J connectivity index is 0.00000200. The first-order valence-electron chi connectivity index (χ1n) is 6.60. The summed E-state index contributed by atoms with van der Waals surface area (Å²) in [5.41, 5.74) is 0. The van der Waals surface area contributed by atoms with Crippen molar-refractivity contribution in [2.45, 2.75) is 12.8 Å². The number of ether oxygens (including phenoxy) is 1. The number of amides is 1. The maximum atomic E-state index is 11.6. The minimum absolute atomic E-state index is 0. The zero-order valence-electron chi connectivity index (χ0n) is 11.2. The fourth-order valence-corrected chi connectivity index (χ4v) is 2.47. The largest absolute Gasteiger partial charge is 0.484 e. The summed E-state index contributed by atoms with van der Waals surface area (Å²) < 4.78 is 6.57. The van der Waals surface area contributed by atoms with E-state index >= 15 is 0 Å². The van der Waals surface area contributed by atoms with Crippen LogP contribution in [0.2, 0.25) is 0 Å². The first-order valence-corrected chi connectivity index (χ1v) is 7.67. The SMILES string of the molecule is Cl.O=C(COc1ccc(I)cc1)NCCC1CCNC1. The first kappa shape index (κ1) is 17.5. The predicted octanol–water partition coefficient (Wildman–Crippen LogP) is 2.21. The van der Waals surface area contributed by atoms with Gasteiger partial charge in [-0.3, -0.25) is 4.79 Å². The molecule has 1 amide bonds. The van der Waals surface area contributed by atoms with Crippen LogP contribution in [0, 0.1) is 9.49 Å². The van der Waals surface area contributed by atoms with Crippen LogP contribution in [0.15, 0.2) is 24.3 Å². The van der Waals surface area contributed by atoms with Crippen molar-refractivity contribution in [1.29, 1.82) is 0 Å². The molecule has 1 aliphatic rings. The van der Waals surface area contributed by atoms with Crippen LogP contribution in [0.3, 0.4) is 0 Å². The van der Waals surface area contributed by atoms with Crippen molar-refractivity contribution >= 4 is 40.9 Å². The van der Waals surface area contributed by atoms with E-state index in [0.29, 0.717) is 5.92 Å². The van der Waals surface area contributed by atoms with Crippen LogP contribution in [-0.2, 0) is 4.79 Å². The van der Waals surface area contributed by atoms with Crippen molar-refractivity contribution < 1.29 is 9.53 Å². The third-order valence-corrected chi connectivity index (χ3v) is 3.94. The molecular weight excluding hydrogens is 391 g/mol. The van der Waals surface area contributed by atoms with Gasteiger partial charge < -0.3 is 15.4 Å². The molecule has 0 aliphatic carbocycles. The normalized spacial score (nSPS) is 17.4. The highest BCUT2D eigenvalue weighted by atomic mass is 127. The molecule has 1 aromatic carbocycles. The molecule has 1 saturated heterocycles. The summed E-state index contributed by atoms with van der Waals surface area (Å²) in [6.07, 6.45) is 2.26. The first-order chi connectivity index (χ1) is 9.24. The molecule has 2 N–H and O–H groups in total. The van der Waals surface area contributed by atoms with Crippen molar-refractivity contribution in [2.24, 2.45) is 5.92 Å². The van der Waals surface area contributed by atoms with Crippen molar-refractivity contribution in [3.63, 3.8) is 0 Å². The Bertz CT molecular complexity index is 408. The van der Waals surface area contributed by atoms with Gasteiger partial charge in [0.1, 0.15) is 5.75 Å². The molecule has 0 saturated carbocycles. The van der Waals surface area contributed by atoms with Crippen LogP contribution in [0.4, 0.5) is 0 Å². The van der Waals surface area contributed by atoms with Gasteiger partial charge in [0.15, 0.2) is 6.61 Å². The van der Waals surface area contributed by atoms with E-state index in [9.17, 15) is 4.79 Å². The van der Waals surface area contributed by atoms with Crippen LogP contribution in [0.1, 0.15) is 12.8 Å². The van der Waals surface area contributed by atoms with Gasteiger partial charge in [-0.15, -0.1) is 12.4 Å². The average Bonchev–Trinajstić information content (AvgIpc) is 2.91. The van der Waals surface area contributed by atoms with Gasteiger partial charge >= 0.3 is 0 Å². The Morgan fingerprint density at radius 2 is 2.15 bits per heavy atom. The van der Waals surface area contributed by atoms with E-state index in [4.69, 9.17) is 4.74 Å². The summed E-state index contributed by atoms with van der Waals surface area (Å²) in [6, 6.07) is 7.67. The lowest BCUT2D eigenvalue weighted by Gasteiger charge is -2.10. The maximum Gasteiger partial charge on any atom is 0.257 e. The second kappa shape index (κ2) is 9.41. The Labute approximate surface area is 139 Å². The molecule has 6 heteroatoms. The summed E-state index contributed by atoms with van der Waals surface area (Å²) in [4.78, 5) is 11.6. The van der Waals surface area contributed by atoms with E-state index in [1.54, 1.807) is 0 Å². The van der Waals surface area contributed by atoms with Crippen molar-refractivity contribution in [3.8, 4) is 5.75 Å². The van der Waals surface area contributed by atoms with Gasteiger partial charge in [0, 0.05) is 10.1 Å². The summed E-state index contributed by atoms with van der Waals surface area (Å²) in [7, 11) is 0. The van der Waals surface area contributed by atoms with E-state index in [-0.39, 0.29) is 24.9 Å². The zero-order valence-corrected chi connectivity index (χ0v) is 14.2. The van der Waals surface area contributed by atoms with Gasteiger partial charge in [-0.2, -0.15) is 0 Å². The number of rotatable bonds is 6. The number of carbonyl (C=O) groups is 1. The fourth-order valence-electron chi connectivity index (χ4n) is 2.11. The van der Waals surface area contributed by atoms with E-state index < -0.39 is 0 Å². The molecular formula is C14H20ClIN2O2. The molecule has 0 radical (unpaired) electrons. The molecule has 1 heterocycles. The summed E-state index contributed by atoms with van der Waals surface area (Å²) in [6.45, 7) is 3.01. The van der Waals surface area contributed by atoms with Crippen LogP contribution in [0.5, 0.6) is 5.75 Å². The molecule has 1 fully saturated rings. The fraction of sp³-hybridized carbons (Fsp3) is 0.500. The Morgan fingerprint density at radius 3 is 2.80 bits per heavy atom. The van der Waals surface area contributed by atoms with E-state index in [1.165, 1.54) is 6.42 Å². The van der Waals surface area contributed by atoms with Crippen molar-refractivity contribution in [1.82, 2.24) is 10.6 Å². The molecule has 1 aliphatic heterocycles. The quantitative estimate of drug-likeness (QED) is 0.707. The van der Waals surface area contributed by atoms with Gasteiger partial charge in [-0.1, -0.05) is 0 Å². The van der Waals surface area contributed by atoms with Gasteiger partial charge in [-0.05, 0) is 78.7 Å². The third-order valence-electron chi connectivity index (χ3n) is 3.22. The molecule has 1 aromatic rings. The van der Waals surface area contributed by atoms with E-state index in [1.807, 2.05) is 24.3 Å². The molecule has 112 valence electrons. The highest BCUT2D eigenvalue weighted by molar-refractivity contribution is 14.1. The van der Waals surface area contributed by atoms with Crippen LogP contribution >= 0.6 is 35.0 Å². The highest BCUT2D eigenvalue weighted by Crippen LogP contribution is 2.13. The van der Waals surface area contributed by atoms with Crippen LogP contribution in [0.25, 0.3) is 0 Å². The number of benzene rings is 1. The molecule has 0 bridgehead atoms. The van der Waals surface area contributed by atoms with Crippen molar-refractivity contribution in [3.05, 3.63) is 27.8 Å². The Kier molecular flexibility index (Phi) is 8.25. The molecule has 2 rings (SSSR count). The lowest BCUT2D eigenvalue weighted by Crippen LogP contribution is -2.30. The zero-order chi connectivity index (χ0) is 13.5.